The Balaban J connectivity index is 1.77. The average Bonchev–Trinajstić information content (AvgIpc) is 3.02. The summed E-state index contributed by atoms with van der Waals surface area (Å²) in [5.74, 6) is 2.06. The lowest BCUT2D eigenvalue weighted by Crippen LogP contribution is -2.25. The quantitative estimate of drug-likeness (QED) is 0.853. The van der Waals surface area contributed by atoms with Gasteiger partial charge in [0, 0.05) is 19.4 Å². The fourth-order valence-electron chi connectivity index (χ4n) is 2.43. The van der Waals surface area contributed by atoms with Crippen molar-refractivity contribution in [1.29, 1.82) is 0 Å². The molecule has 2 aromatic rings. The summed E-state index contributed by atoms with van der Waals surface area (Å²) in [6.07, 6.45) is 7.67. The zero-order valence-corrected chi connectivity index (χ0v) is 9.87. The van der Waals surface area contributed by atoms with Crippen molar-refractivity contribution in [2.24, 2.45) is 7.05 Å². The van der Waals surface area contributed by atoms with Gasteiger partial charge in [0.15, 0.2) is 0 Å². The smallest absolute Gasteiger partial charge is 0.140 e. The van der Waals surface area contributed by atoms with Gasteiger partial charge in [0.25, 0.3) is 0 Å². The van der Waals surface area contributed by atoms with E-state index in [1.54, 1.807) is 6.33 Å². The van der Waals surface area contributed by atoms with Gasteiger partial charge in [-0.1, -0.05) is 0 Å². The summed E-state index contributed by atoms with van der Waals surface area (Å²) in [7, 11) is 1.93. The molecule has 0 amide bonds. The molecule has 0 aromatic carbocycles. The lowest BCUT2D eigenvalue weighted by molar-refractivity contribution is 0.231. The second kappa shape index (κ2) is 4.29. The predicted molar refractivity (Wildman–Crippen MR) is 62.0 cm³/mol. The molecule has 0 radical (unpaired) electrons. The van der Waals surface area contributed by atoms with Gasteiger partial charge in [-0.3, -0.25) is 9.58 Å². The van der Waals surface area contributed by atoms with E-state index in [4.69, 9.17) is 0 Å². The Bertz CT molecular complexity index is 474. The first-order chi connectivity index (χ1) is 8.34. The Hall–Kier alpha value is -1.69. The Labute approximate surface area is 99.7 Å². The molecular weight excluding hydrogens is 216 g/mol. The zero-order valence-electron chi connectivity index (χ0n) is 9.87. The van der Waals surface area contributed by atoms with Gasteiger partial charge in [0.2, 0.25) is 0 Å². The monoisotopic (exact) mass is 232 g/mol. The first-order valence-corrected chi connectivity index (χ1v) is 5.91. The van der Waals surface area contributed by atoms with Gasteiger partial charge in [-0.05, 0) is 19.4 Å². The number of nitrogens with one attached hydrogen (secondary N) is 1. The summed E-state index contributed by atoms with van der Waals surface area (Å²) in [5.41, 5.74) is 0. The molecule has 6 heteroatoms. The Morgan fingerprint density at radius 1 is 1.47 bits per heavy atom. The van der Waals surface area contributed by atoms with E-state index in [-0.39, 0.29) is 0 Å². The maximum absolute atomic E-state index is 4.36. The Morgan fingerprint density at radius 3 is 3.12 bits per heavy atom. The number of aromatic nitrogens is 5. The normalized spacial score (nSPS) is 21.1. The summed E-state index contributed by atoms with van der Waals surface area (Å²) in [6, 6.07) is 0.390. The number of imidazole rings is 1. The molecule has 0 bridgehead atoms. The minimum absolute atomic E-state index is 0.390. The van der Waals surface area contributed by atoms with Crippen molar-refractivity contribution < 1.29 is 0 Å². The minimum atomic E-state index is 0.390. The highest BCUT2D eigenvalue weighted by atomic mass is 15.3. The number of hydrogen-bond acceptors (Lipinski definition) is 4. The molecule has 1 unspecified atom stereocenters. The molecule has 17 heavy (non-hydrogen) atoms. The minimum Gasteiger partial charge on any atom is -0.347 e. The van der Waals surface area contributed by atoms with E-state index in [0.29, 0.717) is 6.04 Å². The molecule has 2 aromatic heterocycles. The standard InChI is InChI=1S/C11H16N6/c1-16-10(14-8-15-16)7-17-6-2-3-9(17)11-12-4-5-13-11/h4-5,8-9H,2-3,6-7H2,1H3,(H,12,13). The Kier molecular flexibility index (Phi) is 2.64. The molecule has 1 fully saturated rings. The molecule has 90 valence electrons. The van der Waals surface area contributed by atoms with Crippen molar-refractivity contribution in [3.63, 3.8) is 0 Å². The maximum Gasteiger partial charge on any atom is 0.140 e. The van der Waals surface area contributed by atoms with Crippen LogP contribution in [-0.2, 0) is 13.6 Å². The van der Waals surface area contributed by atoms with E-state index in [1.807, 2.05) is 24.1 Å². The molecule has 0 aliphatic carbocycles. The third-order valence-corrected chi connectivity index (χ3v) is 3.35. The van der Waals surface area contributed by atoms with Crippen LogP contribution in [0.3, 0.4) is 0 Å². The molecule has 1 N–H and O–H groups in total. The van der Waals surface area contributed by atoms with Gasteiger partial charge in [-0.25, -0.2) is 9.97 Å². The van der Waals surface area contributed by atoms with Gasteiger partial charge >= 0.3 is 0 Å². The molecule has 0 saturated carbocycles. The van der Waals surface area contributed by atoms with E-state index in [9.17, 15) is 0 Å². The van der Waals surface area contributed by atoms with E-state index in [0.717, 1.165) is 31.2 Å². The topological polar surface area (TPSA) is 62.6 Å². The summed E-state index contributed by atoms with van der Waals surface area (Å²) in [4.78, 5) is 14.2. The zero-order chi connectivity index (χ0) is 11.7. The second-order valence-corrected chi connectivity index (χ2v) is 4.40. The van der Waals surface area contributed by atoms with Gasteiger partial charge < -0.3 is 4.98 Å². The number of hydrogen-bond donors (Lipinski definition) is 1. The fourth-order valence-corrected chi connectivity index (χ4v) is 2.43. The van der Waals surface area contributed by atoms with Gasteiger partial charge in [-0.15, -0.1) is 0 Å². The van der Waals surface area contributed by atoms with Crippen LogP contribution in [0.4, 0.5) is 0 Å². The molecule has 3 rings (SSSR count). The lowest BCUT2D eigenvalue weighted by Gasteiger charge is -2.21. The van der Waals surface area contributed by atoms with Crippen molar-refractivity contribution in [3.8, 4) is 0 Å². The molecular formula is C11H16N6. The SMILES string of the molecule is Cn1ncnc1CN1CCCC1c1ncc[nH]1. The highest BCUT2D eigenvalue weighted by Crippen LogP contribution is 2.30. The molecule has 1 aliphatic heterocycles. The largest absolute Gasteiger partial charge is 0.347 e. The van der Waals surface area contributed by atoms with Crippen LogP contribution in [-0.4, -0.2) is 36.2 Å². The number of rotatable bonds is 3. The first kappa shape index (κ1) is 10.5. The summed E-state index contributed by atoms with van der Waals surface area (Å²) >= 11 is 0. The van der Waals surface area contributed by atoms with Crippen LogP contribution >= 0.6 is 0 Å². The number of H-pyrrole nitrogens is 1. The van der Waals surface area contributed by atoms with Crippen LogP contribution in [0.15, 0.2) is 18.7 Å². The number of likely N-dealkylation sites (tertiary alicyclic amines) is 1. The van der Waals surface area contributed by atoms with Crippen LogP contribution in [0.1, 0.15) is 30.5 Å². The lowest BCUT2D eigenvalue weighted by atomic mass is 10.2. The number of aryl methyl sites for hydroxylation is 1. The third kappa shape index (κ3) is 1.95. The van der Waals surface area contributed by atoms with Crippen molar-refractivity contribution in [2.45, 2.75) is 25.4 Å². The summed E-state index contributed by atoms with van der Waals surface area (Å²) in [6.45, 7) is 1.93. The number of nitrogens with zero attached hydrogens (tertiary/aromatic N) is 5. The van der Waals surface area contributed by atoms with Crippen LogP contribution in [0.2, 0.25) is 0 Å². The summed E-state index contributed by atoms with van der Waals surface area (Å²) in [5, 5.41) is 4.10. The maximum atomic E-state index is 4.36. The van der Waals surface area contributed by atoms with Crippen molar-refractivity contribution in [1.82, 2.24) is 29.6 Å². The van der Waals surface area contributed by atoms with Crippen LogP contribution in [0.5, 0.6) is 0 Å². The predicted octanol–water partition coefficient (Wildman–Crippen LogP) is 0.875. The molecule has 3 heterocycles. The molecule has 1 atom stereocenters. The van der Waals surface area contributed by atoms with Crippen molar-refractivity contribution >= 4 is 0 Å². The van der Waals surface area contributed by atoms with Crippen molar-refractivity contribution in [3.05, 3.63) is 30.4 Å². The molecule has 0 spiro atoms. The van der Waals surface area contributed by atoms with Gasteiger partial charge in [-0.2, -0.15) is 5.10 Å². The highest BCUT2D eigenvalue weighted by molar-refractivity contribution is 5.00. The Morgan fingerprint density at radius 2 is 2.41 bits per heavy atom. The molecule has 1 aliphatic rings. The van der Waals surface area contributed by atoms with E-state index in [2.05, 4.69) is 25.0 Å². The van der Waals surface area contributed by atoms with E-state index >= 15 is 0 Å². The summed E-state index contributed by atoms with van der Waals surface area (Å²) < 4.78 is 1.83. The van der Waals surface area contributed by atoms with E-state index < -0.39 is 0 Å². The third-order valence-electron chi connectivity index (χ3n) is 3.35. The van der Waals surface area contributed by atoms with E-state index in [1.165, 1.54) is 6.42 Å². The van der Waals surface area contributed by atoms with Gasteiger partial charge in [0.1, 0.15) is 18.0 Å². The second-order valence-electron chi connectivity index (χ2n) is 4.40. The first-order valence-electron chi connectivity index (χ1n) is 5.91. The molecule has 6 nitrogen and oxygen atoms in total. The highest BCUT2D eigenvalue weighted by Gasteiger charge is 2.28. The van der Waals surface area contributed by atoms with Crippen LogP contribution in [0, 0.1) is 0 Å². The van der Waals surface area contributed by atoms with Crippen molar-refractivity contribution in [2.75, 3.05) is 6.54 Å². The molecule has 1 saturated heterocycles. The average molecular weight is 232 g/mol. The number of aromatic amines is 1. The van der Waals surface area contributed by atoms with Crippen LogP contribution in [0.25, 0.3) is 0 Å². The van der Waals surface area contributed by atoms with Gasteiger partial charge in [0.05, 0.1) is 12.6 Å². The fraction of sp³-hybridized carbons (Fsp3) is 0.545. The van der Waals surface area contributed by atoms with Crippen LogP contribution < -0.4 is 0 Å².